The van der Waals surface area contributed by atoms with Crippen LogP contribution in [-0.4, -0.2) is 46.6 Å². The first-order valence-electron chi connectivity index (χ1n) is 14.4. The fraction of sp³-hybridized carbons (Fsp3) is 0.394. The van der Waals surface area contributed by atoms with E-state index in [9.17, 15) is 29.4 Å². The van der Waals surface area contributed by atoms with Crippen LogP contribution in [0.25, 0.3) is 10.8 Å². The van der Waals surface area contributed by atoms with Crippen molar-refractivity contribution in [3.05, 3.63) is 77.9 Å². The zero-order valence-corrected chi connectivity index (χ0v) is 24.1. The minimum absolute atomic E-state index is 0. The van der Waals surface area contributed by atoms with Gasteiger partial charge in [-0.3, -0.25) is 24.1 Å². The third kappa shape index (κ3) is 6.72. The van der Waals surface area contributed by atoms with Gasteiger partial charge in [-0.15, -0.1) is 0 Å². The molecule has 214 valence electrons. The topological polar surface area (TPSA) is 124 Å². The van der Waals surface area contributed by atoms with Crippen molar-refractivity contribution in [1.82, 2.24) is 5.32 Å². The summed E-state index contributed by atoms with van der Waals surface area (Å²) in [7, 11) is 0. The summed E-state index contributed by atoms with van der Waals surface area (Å²) in [5.41, 5.74) is 1.61. The van der Waals surface area contributed by atoms with E-state index in [1.54, 1.807) is 12.1 Å². The first kappa shape index (κ1) is 31.3. The van der Waals surface area contributed by atoms with E-state index in [4.69, 9.17) is 0 Å². The van der Waals surface area contributed by atoms with Gasteiger partial charge in [0.2, 0.25) is 11.8 Å². The Morgan fingerprint density at radius 2 is 1.64 bits per heavy atom. The predicted octanol–water partition coefficient (Wildman–Crippen LogP) is 1.98. The summed E-state index contributed by atoms with van der Waals surface area (Å²) in [5.74, 6) is -3.52. The molecule has 3 aromatic carbocycles. The van der Waals surface area contributed by atoms with Gasteiger partial charge in [-0.2, -0.15) is 0 Å². The molecule has 2 amide bonds. The molecule has 9 heteroatoms. The van der Waals surface area contributed by atoms with E-state index < -0.39 is 41.8 Å². The van der Waals surface area contributed by atoms with Crippen molar-refractivity contribution in [2.24, 2.45) is 11.3 Å². The number of carboxylic acid groups (broad SMARTS) is 2. The average Bonchev–Trinajstić information content (AvgIpc) is 3.41. The molecular formula is C33H36LiN2O6+. The summed E-state index contributed by atoms with van der Waals surface area (Å²) in [6.45, 7) is -0.497. The minimum atomic E-state index is -1.14. The van der Waals surface area contributed by atoms with Crippen molar-refractivity contribution in [3.63, 3.8) is 0 Å². The van der Waals surface area contributed by atoms with E-state index in [0.29, 0.717) is 44.2 Å². The molecule has 1 aliphatic heterocycles. The van der Waals surface area contributed by atoms with Crippen LogP contribution in [0, 0.1) is 11.3 Å². The third-order valence-electron chi connectivity index (χ3n) is 8.82. The van der Waals surface area contributed by atoms with Crippen LogP contribution in [0.3, 0.4) is 0 Å². The SMILES string of the molecule is O=C(O)CN1C(=O)[C@@H](NC(=O)C2(C[C@@H](CCc3cccc4ccccc34)C(=O)O)CCCC2)CCc2ccccc21.[Li+]. The van der Waals surface area contributed by atoms with Crippen LogP contribution in [0.4, 0.5) is 5.69 Å². The van der Waals surface area contributed by atoms with E-state index in [-0.39, 0.29) is 31.2 Å². The van der Waals surface area contributed by atoms with Crippen LogP contribution in [0.5, 0.6) is 0 Å². The first-order valence-corrected chi connectivity index (χ1v) is 14.4. The number of amides is 2. The van der Waals surface area contributed by atoms with E-state index in [1.165, 1.54) is 4.90 Å². The van der Waals surface area contributed by atoms with Crippen LogP contribution in [-0.2, 0) is 32.0 Å². The molecule has 0 spiro atoms. The zero-order chi connectivity index (χ0) is 29.0. The maximum Gasteiger partial charge on any atom is 1.00 e. The van der Waals surface area contributed by atoms with Crippen LogP contribution >= 0.6 is 0 Å². The standard InChI is InChI=1S/C33H36N2O6.Li/c36-29(37)21-35-28-13-4-2-9-24(28)16-17-27(30(35)38)34-32(41)33(18-5-6-19-33)20-25(31(39)40)15-14-23-11-7-10-22-8-1-3-12-26(22)23;/h1-4,7-13,25,27H,5-6,14-21H2,(H,34,41)(H,36,37)(H,39,40);/q;+1/t25-,27+;/m1./s1. The van der Waals surface area contributed by atoms with Crippen molar-refractivity contribution in [2.45, 2.75) is 63.8 Å². The smallest absolute Gasteiger partial charge is 0.481 e. The molecule has 0 unspecified atom stereocenters. The Labute approximate surface area is 257 Å². The summed E-state index contributed by atoms with van der Waals surface area (Å²) in [6, 6.07) is 20.4. The van der Waals surface area contributed by atoms with Crippen LogP contribution in [0.15, 0.2) is 66.7 Å². The molecule has 8 nitrogen and oxygen atoms in total. The van der Waals surface area contributed by atoms with E-state index in [1.807, 2.05) is 54.6 Å². The second kappa shape index (κ2) is 13.6. The van der Waals surface area contributed by atoms with Gasteiger partial charge < -0.3 is 15.5 Å². The monoisotopic (exact) mass is 563 g/mol. The Morgan fingerprint density at radius 3 is 2.38 bits per heavy atom. The number of fused-ring (bicyclic) bond motifs is 2. The van der Waals surface area contributed by atoms with Gasteiger partial charge in [-0.1, -0.05) is 73.5 Å². The number of nitrogens with one attached hydrogen (secondary N) is 1. The molecular weight excluding hydrogens is 527 g/mol. The molecule has 1 heterocycles. The van der Waals surface area contributed by atoms with Crippen molar-refractivity contribution in [1.29, 1.82) is 0 Å². The van der Waals surface area contributed by atoms with E-state index >= 15 is 0 Å². The molecule has 5 rings (SSSR count). The fourth-order valence-corrected chi connectivity index (χ4v) is 6.66. The number of aliphatic carboxylic acids is 2. The van der Waals surface area contributed by atoms with Gasteiger partial charge in [-0.25, -0.2) is 0 Å². The molecule has 3 aromatic rings. The fourth-order valence-electron chi connectivity index (χ4n) is 6.66. The Balaban J connectivity index is 0.00000405. The average molecular weight is 564 g/mol. The Kier molecular flexibility index (Phi) is 10.1. The number of rotatable bonds is 10. The first-order chi connectivity index (χ1) is 19.8. The summed E-state index contributed by atoms with van der Waals surface area (Å²) >= 11 is 0. The summed E-state index contributed by atoms with van der Waals surface area (Å²) in [4.78, 5) is 52.8. The van der Waals surface area contributed by atoms with Crippen LogP contribution < -0.4 is 29.1 Å². The van der Waals surface area contributed by atoms with Crippen molar-refractivity contribution in [2.75, 3.05) is 11.4 Å². The Bertz CT molecular complexity index is 1460. The number of carbonyl (C=O) groups is 4. The molecule has 0 radical (unpaired) electrons. The summed E-state index contributed by atoms with van der Waals surface area (Å²) < 4.78 is 0. The molecule has 3 N–H and O–H groups in total. The van der Waals surface area contributed by atoms with Crippen molar-refractivity contribution in [3.8, 4) is 0 Å². The van der Waals surface area contributed by atoms with Gasteiger partial charge in [0.1, 0.15) is 12.6 Å². The van der Waals surface area contributed by atoms with Gasteiger partial charge >= 0.3 is 30.8 Å². The minimum Gasteiger partial charge on any atom is -0.481 e. The molecule has 42 heavy (non-hydrogen) atoms. The Morgan fingerprint density at radius 1 is 0.952 bits per heavy atom. The Hall–Kier alpha value is -3.60. The number of hydrogen-bond donors (Lipinski definition) is 3. The molecule has 0 aromatic heterocycles. The predicted molar refractivity (Wildman–Crippen MR) is 156 cm³/mol. The molecule has 0 bridgehead atoms. The maximum atomic E-state index is 13.9. The largest absolute Gasteiger partial charge is 1.00 e. The number of hydrogen-bond acceptors (Lipinski definition) is 4. The van der Waals surface area contributed by atoms with Crippen molar-refractivity contribution < 1.29 is 48.3 Å². The molecule has 2 atom stereocenters. The van der Waals surface area contributed by atoms with Crippen LogP contribution in [0.2, 0.25) is 0 Å². The number of aryl methyl sites for hydroxylation is 2. The normalized spacial score (nSPS) is 18.4. The molecule has 1 aliphatic carbocycles. The summed E-state index contributed by atoms with van der Waals surface area (Å²) in [6.07, 6.45) is 4.82. The molecule has 2 aliphatic rings. The van der Waals surface area contributed by atoms with Gasteiger partial charge in [0.05, 0.1) is 11.3 Å². The molecule has 1 saturated carbocycles. The molecule has 1 fully saturated rings. The second-order valence-electron chi connectivity index (χ2n) is 11.4. The number of carboxylic acids is 2. The number of carbonyl (C=O) groups excluding carboxylic acids is 2. The van der Waals surface area contributed by atoms with Gasteiger partial charge in [-0.05, 0) is 72.9 Å². The zero-order valence-electron chi connectivity index (χ0n) is 24.1. The second-order valence-corrected chi connectivity index (χ2v) is 11.4. The third-order valence-corrected chi connectivity index (χ3v) is 8.82. The molecule has 0 saturated heterocycles. The van der Waals surface area contributed by atoms with Gasteiger partial charge in [0, 0.05) is 5.69 Å². The van der Waals surface area contributed by atoms with Gasteiger partial charge in [0.25, 0.3) is 0 Å². The van der Waals surface area contributed by atoms with Gasteiger partial charge in [0.15, 0.2) is 0 Å². The van der Waals surface area contributed by atoms with Crippen LogP contribution in [0.1, 0.15) is 56.1 Å². The number of anilines is 1. The van der Waals surface area contributed by atoms with Crippen molar-refractivity contribution >= 4 is 40.2 Å². The number of para-hydroxylation sites is 1. The number of benzene rings is 3. The maximum absolute atomic E-state index is 13.9. The summed E-state index contributed by atoms with van der Waals surface area (Å²) in [5, 5.41) is 24.8. The van der Waals surface area contributed by atoms with E-state index in [0.717, 1.165) is 34.7 Å². The number of nitrogens with zero attached hydrogens (tertiary/aromatic N) is 1. The van der Waals surface area contributed by atoms with E-state index in [2.05, 4.69) is 5.32 Å². The quantitative estimate of drug-likeness (QED) is 0.324.